The Morgan fingerprint density at radius 2 is 1.90 bits per heavy atom. The Labute approximate surface area is 237 Å². The monoisotopic (exact) mass is 569 g/mol. The smallest absolute Gasteiger partial charge is 0.409 e. The van der Waals surface area contributed by atoms with Crippen LogP contribution in [0, 0.1) is 5.82 Å². The fourth-order valence-electron chi connectivity index (χ4n) is 3.94. The second-order valence-electron chi connectivity index (χ2n) is 10.2. The molecule has 0 radical (unpaired) electrons. The first-order valence-corrected chi connectivity index (χ1v) is 13.2. The van der Waals surface area contributed by atoms with Crippen molar-refractivity contribution in [2.75, 3.05) is 28.2 Å². The Hall–Kier alpha value is -4.48. The predicted octanol–water partition coefficient (Wildman–Crippen LogP) is 3.30. The number of fused-ring (bicyclic) bond motifs is 1. The van der Waals surface area contributed by atoms with Gasteiger partial charge >= 0.3 is 6.09 Å². The predicted molar refractivity (Wildman–Crippen MR) is 151 cm³/mol. The van der Waals surface area contributed by atoms with Gasteiger partial charge in [0, 0.05) is 52.1 Å². The molecule has 0 fully saturated rings. The lowest BCUT2D eigenvalue weighted by molar-refractivity contribution is -0.127. The Morgan fingerprint density at radius 1 is 1.17 bits per heavy atom. The number of nitrogens with zero attached hydrogens (tertiary/aromatic N) is 4. The number of hydrogen-bond acceptors (Lipinski definition) is 7. The lowest BCUT2D eigenvalue weighted by Gasteiger charge is -2.19. The molecule has 3 aromatic rings. The van der Waals surface area contributed by atoms with Crippen LogP contribution in [0.2, 0.25) is 0 Å². The summed E-state index contributed by atoms with van der Waals surface area (Å²) in [5.74, 6) is -1.19. The third kappa shape index (κ3) is 8.26. The molecular formula is C29H36FN5O6. The van der Waals surface area contributed by atoms with E-state index < -0.39 is 29.4 Å². The maximum atomic E-state index is 14.4. The van der Waals surface area contributed by atoms with E-state index in [1.807, 2.05) is 0 Å². The van der Waals surface area contributed by atoms with Crippen LogP contribution in [0.4, 0.5) is 9.18 Å². The molecule has 41 heavy (non-hydrogen) atoms. The average molecular weight is 570 g/mol. The number of hydrogen-bond donors (Lipinski definition) is 1. The summed E-state index contributed by atoms with van der Waals surface area (Å²) in [7, 11) is 6.25. The number of halogens is 1. The van der Waals surface area contributed by atoms with Gasteiger partial charge in [-0.1, -0.05) is 12.1 Å². The molecule has 3 aromatic heterocycles. The van der Waals surface area contributed by atoms with Crippen molar-refractivity contribution in [1.82, 2.24) is 24.3 Å². The van der Waals surface area contributed by atoms with Crippen LogP contribution in [-0.4, -0.2) is 82.5 Å². The molecule has 2 amide bonds. The molecule has 0 spiro atoms. The molecule has 11 nitrogen and oxygen atoms in total. The van der Waals surface area contributed by atoms with E-state index in [9.17, 15) is 23.6 Å². The molecule has 0 saturated carbocycles. The number of ketones is 1. The Bertz CT molecular complexity index is 1490. The molecule has 220 valence electrons. The van der Waals surface area contributed by atoms with Gasteiger partial charge in [-0.05, 0) is 44.9 Å². The molecule has 0 aliphatic heterocycles. The van der Waals surface area contributed by atoms with E-state index in [4.69, 9.17) is 9.47 Å². The summed E-state index contributed by atoms with van der Waals surface area (Å²) >= 11 is 0. The third-order valence-corrected chi connectivity index (χ3v) is 6.04. The lowest BCUT2D eigenvalue weighted by Crippen LogP contribution is -2.35. The Morgan fingerprint density at radius 3 is 2.56 bits per heavy atom. The minimum absolute atomic E-state index is 0.0576. The van der Waals surface area contributed by atoms with E-state index in [0.29, 0.717) is 23.1 Å². The summed E-state index contributed by atoms with van der Waals surface area (Å²) in [6.45, 7) is 3.69. The number of ether oxygens (including phenoxy) is 2. The lowest BCUT2D eigenvalue weighted by atomic mass is 10.0. The summed E-state index contributed by atoms with van der Waals surface area (Å²) in [6, 6.07) is 4.90. The van der Waals surface area contributed by atoms with Crippen molar-refractivity contribution in [2.24, 2.45) is 0 Å². The van der Waals surface area contributed by atoms with Crippen LogP contribution in [0.25, 0.3) is 11.0 Å². The fraction of sp³-hybridized carbons (Fsp3) is 0.414. The first-order chi connectivity index (χ1) is 19.4. The van der Waals surface area contributed by atoms with Crippen LogP contribution >= 0.6 is 0 Å². The number of nitrogens with one attached hydrogen (secondary N) is 1. The van der Waals surface area contributed by atoms with Crippen LogP contribution in [0.15, 0.2) is 47.5 Å². The number of Topliss-reactive ketones (excluding diaryl/α,β-unsaturated/α-hetero) is 1. The van der Waals surface area contributed by atoms with E-state index in [1.54, 1.807) is 58.4 Å². The van der Waals surface area contributed by atoms with Gasteiger partial charge < -0.3 is 28.8 Å². The van der Waals surface area contributed by atoms with Gasteiger partial charge in [0.05, 0.1) is 24.4 Å². The van der Waals surface area contributed by atoms with Crippen molar-refractivity contribution < 1.29 is 28.2 Å². The highest BCUT2D eigenvalue weighted by Gasteiger charge is 2.24. The van der Waals surface area contributed by atoms with Crippen LogP contribution < -0.4 is 10.3 Å². The van der Waals surface area contributed by atoms with Gasteiger partial charge in [0.15, 0.2) is 23.5 Å². The maximum absolute atomic E-state index is 14.4. The number of aromatic amines is 1. The van der Waals surface area contributed by atoms with Crippen LogP contribution in [0.3, 0.4) is 0 Å². The van der Waals surface area contributed by atoms with Crippen molar-refractivity contribution in [3.63, 3.8) is 0 Å². The highest BCUT2D eigenvalue weighted by molar-refractivity contribution is 5.88. The molecular weight excluding hydrogens is 533 g/mol. The number of rotatable bonds is 12. The number of carbonyl (C=O) groups excluding carboxylic acids is 3. The second-order valence-corrected chi connectivity index (χ2v) is 10.2. The first kappa shape index (κ1) is 31.1. The van der Waals surface area contributed by atoms with Gasteiger partial charge in [0.1, 0.15) is 5.52 Å². The van der Waals surface area contributed by atoms with Gasteiger partial charge in [-0.25, -0.2) is 9.18 Å². The fourth-order valence-corrected chi connectivity index (χ4v) is 3.94. The number of H-pyrrole nitrogens is 1. The van der Waals surface area contributed by atoms with Crippen LogP contribution in [-0.2, 0) is 27.3 Å². The molecule has 1 atom stereocenters. The van der Waals surface area contributed by atoms with Gasteiger partial charge in [-0.3, -0.25) is 19.4 Å². The summed E-state index contributed by atoms with van der Waals surface area (Å²) in [5.41, 5.74) is 1.30. The molecule has 0 saturated heterocycles. The average Bonchev–Trinajstić information content (AvgIpc) is 3.32. The van der Waals surface area contributed by atoms with E-state index in [1.165, 1.54) is 34.5 Å². The number of allylic oxidation sites excluding steroid dienone is 1. The Balaban J connectivity index is 1.79. The minimum atomic E-state index is -1.11. The zero-order valence-corrected chi connectivity index (χ0v) is 24.1. The first-order valence-electron chi connectivity index (χ1n) is 13.2. The summed E-state index contributed by atoms with van der Waals surface area (Å²) in [5, 5.41) is 0. The zero-order chi connectivity index (χ0) is 30.3. The molecule has 1 N–H and O–H groups in total. The summed E-state index contributed by atoms with van der Waals surface area (Å²) in [4.78, 5) is 60.3. The second kappa shape index (κ2) is 13.7. The molecule has 3 heterocycles. The van der Waals surface area contributed by atoms with Gasteiger partial charge in [0.25, 0.3) is 5.56 Å². The van der Waals surface area contributed by atoms with Gasteiger partial charge in [-0.2, -0.15) is 0 Å². The van der Waals surface area contributed by atoms with Gasteiger partial charge in [0.2, 0.25) is 5.91 Å². The molecule has 3 rings (SSSR count). The molecule has 0 aliphatic rings. The van der Waals surface area contributed by atoms with E-state index in [0.717, 1.165) is 6.20 Å². The highest BCUT2D eigenvalue weighted by Crippen LogP contribution is 2.28. The number of aromatic nitrogens is 3. The highest BCUT2D eigenvalue weighted by atomic mass is 19.1. The van der Waals surface area contributed by atoms with Crippen molar-refractivity contribution in [3.8, 4) is 5.75 Å². The van der Waals surface area contributed by atoms with E-state index in [-0.39, 0.29) is 42.7 Å². The molecule has 0 bridgehead atoms. The van der Waals surface area contributed by atoms with Gasteiger partial charge in [-0.15, -0.1) is 0 Å². The maximum Gasteiger partial charge on any atom is 0.409 e. The largest absolute Gasteiger partial charge is 0.486 e. The molecule has 0 aromatic carbocycles. The van der Waals surface area contributed by atoms with Crippen molar-refractivity contribution >= 4 is 28.8 Å². The topological polar surface area (TPSA) is 127 Å². The van der Waals surface area contributed by atoms with E-state index >= 15 is 0 Å². The number of carbonyl (C=O) groups is 3. The molecule has 0 unspecified atom stereocenters. The minimum Gasteiger partial charge on any atom is -0.486 e. The number of amides is 2. The normalized spacial score (nSPS) is 12.1. The number of pyridine rings is 2. The molecule has 12 heteroatoms. The summed E-state index contributed by atoms with van der Waals surface area (Å²) in [6.07, 6.45) is 3.83. The summed E-state index contributed by atoms with van der Waals surface area (Å²) < 4.78 is 26.8. The van der Waals surface area contributed by atoms with Crippen LogP contribution in [0.1, 0.15) is 37.9 Å². The SMILES string of the molecule is CC(C)Oc1c(F)cnc2cc(Cn3cccc(CC(=O)[C@H](CC/C=C/C(=O)N(C)C)OC(=O)N(C)C)c3=O)[nH]c12. The molecule has 0 aliphatic carbocycles. The Kier molecular flexibility index (Phi) is 10.4. The van der Waals surface area contributed by atoms with Crippen molar-refractivity contribution in [2.45, 2.75) is 51.9 Å². The van der Waals surface area contributed by atoms with E-state index in [2.05, 4.69) is 9.97 Å². The van der Waals surface area contributed by atoms with Crippen LogP contribution in [0.5, 0.6) is 5.75 Å². The zero-order valence-electron chi connectivity index (χ0n) is 24.1. The number of likely N-dealkylation sites (N-methyl/N-ethyl adjacent to an activating group) is 1. The van der Waals surface area contributed by atoms with Crippen molar-refractivity contribution in [1.29, 1.82) is 0 Å². The standard InChI is InChI=1S/C29H36FN5O6/c1-18(2)40-27-21(30)16-31-22-15-20(32-26(22)27)17-35-13-9-10-19(28(35)38)14-23(36)24(41-29(39)34(5)6)11-7-8-12-25(37)33(3)4/h8-10,12-13,15-16,18,24,32H,7,11,14,17H2,1-6H3/b12-8+/t24-/m0/s1. The van der Waals surface area contributed by atoms with Crippen molar-refractivity contribution in [3.05, 3.63) is 70.2 Å². The quantitative estimate of drug-likeness (QED) is 0.332. The third-order valence-electron chi connectivity index (χ3n) is 6.04.